The van der Waals surface area contributed by atoms with Gasteiger partial charge in [0.05, 0.1) is 11.1 Å². The van der Waals surface area contributed by atoms with Gasteiger partial charge in [0.2, 0.25) is 0 Å². The summed E-state index contributed by atoms with van der Waals surface area (Å²) >= 11 is 0. The number of aromatic hydroxyl groups is 1. The molecule has 0 bridgehead atoms. The number of benzene rings is 2. The maximum Gasteiger partial charge on any atom is 0.460 e. The molecule has 1 N–H and O–H groups in total. The van der Waals surface area contributed by atoms with Crippen LogP contribution >= 0.6 is 0 Å². The van der Waals surface area contributed by atoms with Gasteiger partial charge in [-0.2, -0.15) is 30.7 Å². The highest BCUT2D eigenvalue weighted by molar-refractivity contribution is 6.29. The van der Waals surface area contributed by atoms with Gasteiger partial charge in [-0.05, 0) is 12.1 Å². The van der Waals surface area contributed by atoms with Crippen LogP contribution in [0.15, 0.2) is 36.4 Å². The second-order valence-corrected chi connectivity index (χ2v) is 5.73. The lowest BCUT2D eigenvalue weighted by atomic mass is 9.81. The van der Waals surface area contributed by atoms with Gasteiger partial charge >= 0.3 is 18.0 Å². The fourth-order valence-electron chi connectivity index (χ4n) is 2.77. The average molecular weight is 392 g/mol. The molecule has 1 aliphatic rings. The Labute approximate surface area is 146 Å². The molecule has 0 heterocycles. The lowest BCUT2D eigenvalue weighted by Crippen LogP contribution is -2.50. The van der Waals surface area contributed by atoms with Crippen molar-refractivity contribution in [3.63, 3.8) is 0 Å². The number of phenolic OH excluding ortho intramolecular Hbond substituents is 1. The highest BCUT2D eigenvalue weighted by atomic mass is 19.4. The van der Waals surface area contributed by atoms with Crippen LogP contribution < -0.4 is 0 Å². The number of phenols is 1. The number of rotatable bonds is 2. The molecular weight excluding hydrogens is 385 g/mol. The number of carbonyl (C=O) groups is 2. The van der Waals surface area contributed by atoms with Crippen LogP contribution in [0.4, 0.5) is 30.7 Å². The minimum absolute atomic E-state index is 0.0763. The predicted molar refractivity (Wildman–Crippen MR) is 76.3 cm³/mol. The van der Waals surface area contributed by atoms with Gasteiger partial charge in [-0.25, -0.2) is 0 Å². The molecule has 2 aromatic rings. The number of halogens is 7. The summed E-state index contributed by atoms with van der Waals surface area (Å²) in [5.41, 5.74) is -4.15. The van der Waals surface area contributed by atoms with Crippen molar-refractivity contribution in [1.82, 2.24) is 0 Å². The van der Waals surface area contributed by atoms with E-state index in [1.54, 1.807) is 0 Å². The zero-order valence-electron chi connectivity index (χ0n) is 12.9. The van der Waals surface area contributed by atoms with E-state index in [4.69, 9.17) is 0 Å². The number of alkyl halides is 7. The molecule has 142 valence electrons. The molecule has 1 aliphatic carbocycles. The predicted octanol–water partition coefficient (Wildman–Crippen LogP) is 4.46. The number of carbonyl (C=O) groups excluding carboxylic acids is 2. The van der Waals surface area contributed by atoms with Crippen LogP contribution in [0.25, 0.3) is 0 Å². The first-order valence-electron chi connectivity index (χ1n) is 7.19. The summed E-state index contributed by atoms with van der Waals surface area (Å²) in [6, 6.07) is 5.69. The van der Waals surface area contributed by atoms with Crippen LogP contribution in [-0.4, -0.2) is 28.8 Å². The zero-order chi connectivity index (χ0) is 20.4. The van der Waals surface area contributed by atoms with Crippen molar-refractivity contribution in [2.24, 2.45) is 0 Å². The van der Waals surface area contributed by atoms with Crippen LogP contribution in [0.2, 0.25) is 0 Å². The van der Waals surface area contributed by atoms with Gasteiger partial charge in [-0.3, -0.25) is 9.59 Å². The van der Waals surface area contributed by atoms with Crippen molar-refractivity contribution < 1.29 is 45.4 Å². The fourth-order valence-corrected chi connectivity index (χ4v) is 2.77. The monoisotopic (exact) mass is 392 g/mol. The summed E-state index contributed by atoms with van der Waals surface area (Å²) in [4.78, 5) is 24.8. The van der Waals surface area contributed by atoms with E-state index < -0.39 is 52.0 Å². The summed E-state index contributed by atoms with van der Waals surface area (Å²) in [6.45, 7) is 0. The number of hydrogen-bond donors (Lipinski definition) is 1. The highest BCUT2D eigenvalue weighted by Crippen LogP contribution is 2.54. The van der Waals surface area contributed by atoms with E-state index in [1.807, 2.05) is 0 Å². The topological polar surface area (TPSA) is 54.4 Å². The number of fused-ring (bicyclic) bond motifs is 2. The van der Waals surface area contributed by atoms with E-state index in [0.717, 1.165) is 6.07 Å². The van der Waals surface area contributed by atoms with E-state index in [2.05, 4.69) is 0 Å². The molecule has 2 aromatic carbocycles. The van der Waals surface area contributed by atoms with Gasteiger partial charge in [0.25, 0.3) is 0 Å². The Balaban J connectivity index is 2.25. The lowest BCUT2D eigenvalue weighted by molar-refractivity contribution is -0.359. The normalized spacial score (nSPS) is 14.8. The summed E-state index contributed by atoms with van der Waals surface area (Å²) in [5, 5.41) is 9.96. The first-order chi connectivity index (χ1) is 12.3. The minimum Gasteiger partial charge on any atom is -0.507 e. The molecular formula is C17H7F7O3. The molecule has 0 atom stereocenters. The Morgan fingerprint density at radius 2 is 1.22 bits per heavy atom. The largest absolute Gasteiger partial charge is 0.507 e. The maximum atomic E-state index is 14.0. The van der Waals surface area contributed by atoms with Gasteiger partial charge in [-0.1, -0.05) is 24.3 Å². The second kappa shape index (κ2) is 5.54. The van der Waals surface area contributed by atoms with Gasteiger partial charge in [0.1, 0.15) is 5.75 Å². The van der Waals surface area contributed by atoms with E-state index in [9.17, 15) is 45.4 Å². The van der Waals surface area contributed by atoms with Gasteiger partial charge in [-0.15, -0.1) is 0 Å². The van der Waals surface area contributed by atoms with E-state index >= 15 is 0 Å². The first-order valence-corrected chi connectivity index (χ1v) is 7.19. The van der Waals surface area contributed by atoms with Crippen LogP contribution in [0.1, 0.15) is 37.4 Å². The first kappa shape index (κ1) is 18.9. The van der Waals surface area contributed by atoms with E-state index in [-0.39, 0.29) is 17.2 Å². The Hall–Kier alpha value is -2.91. The SMILES string of the molecule is O=C1c2ccccc2C(=O)c2c1ccc(C(F)(F)C(F)(F)C(F)(F)F)c2O. The Morgan fingerprint density at radius 3 is 1.74 bits per heavy atom. The van der Waals surface area contributed by atoms with Crippen molar-refractivity contribution >= 4 is 11.6 Å². The quantitative estimate of drug-likeness (QED) is 0.656. The molecule has 0 saturated carbocycles. The minimum atomic E-state index is -6.62. The molecule has 0 saturated heterocycles. The van der Waals surface area contributed by atoms with Crippen LogP contribution in [0.3, 0.4) is 0 Å². The smallest absolute Gasteiger partial charge is 0.460 e. The van der Waals surface area contributed by atoms with Gasteiger partial charge < -0.3 is 5.11 Å². The maximum absolute atomic E-state index is 14.0. The molecule has 27 heavy (non-hydrogen) atoms. The van der Waals surface area contributed by atoms with Crippen LogP contribution in [-0.2, 0) is 5.92 Å². The second-order valence-electron chi connectivity index (χ2n) is 5.73. The Kier molecular flexibility index (Phi) is 3.87. The molecule has 0 amide bonds. The molecule has 10 heteroatoms. The molecule has 0 aromatic heterocycles. The Bertz CT molecular complexity index is 977. The molecule has 3 nitrogen and oxygen atoms in total. The van der Waals surface area contributed by atoms with Crippen LogP contribution in [0.5, 0.6) is 5.75 Å². The van der Waals surface area contributed by atoms with Gasteiger partial charge in [0.15, 0.2) is 11.6 Å². The Morgan fingerprint density at radius 1 is 0.704 bits per heavy atom. The third-order valence-electron chi connectivity index (χ3n) is 4.15. The molecule has 3 rings (SSSR count). The van der Waals surface area contributed by atoms with E-state index in [1.165, 1.54) is 18.2 Å². The molecule has 0 unspecified atom stereocenters. The lowest BCUT2D eigenvalue weighted by Gasteiger charge is -2.30. The summed E-state index contributed by atoms with van der Waals surface area (Å²) < 4.78 is 91.6. The third kappa shape index (κ3) is 2.42. The molecule has 0 fully saturated rings. The molecule has 0 radical (unpaired) electrons. The van der Waals surface area contributed by atoms with Crippen molar-refractivity contribution in [2.75, 3.05) is 0 Å². The van der Waals surface area contributed by atoms with Crippen molar-refractivity contribution in [2.45, 2.75) is 18.0 Å². The summed E-state index contributed by atoms with van der Waals surface area (Å²) in [5.74, 6) is -16.2. The number of ketones is 2. The molecule has 0 spiro atoms. The molecule has 0 aliphatic heterocycles. The third-order valence-corrected chi connectivity index (χ3v) is 4.15. The summed E-state index contributed by atoms with van der Waals surface area (Å²) in [6.07, 6.45) is -6.62. The van der Waals surface area contributed by atoms with Gasteiger partial charge in [0, 0.05) is 16.7 Å². The average Bonchev–Trinajstić information content (AvgIpc) is 2.58. The van der Waals surface area contributed by atoms with Crippen molar-refractivity contribution in [3.05, 3.63) is 64.2 Å². The number of hydrogen-bond acceptors (Lipinski definition) is 3. The van der Waals surface area contributed by atoms with Crippen molar-refractivity contribution in [1.29, 1.82) is 0 Å². The van der Waals surface area contributed by atoms with Crippen molar-refractivity contribution in [3.8, 4) is 5.75 Å². The summed E-state index contributed by atoms with van der Waals surface area (Å²) in [7, 11) is 0. The zero-order valence-corrected chi connectivity index (χ0v) is 12.9. The van der Waals surface area contributed by atoms with E-state index in [0.29, 0.717) is 6.07 Å². The van der Waals surface area contributed by atoms with Crippen LogP contribution in [0, 0.1) is 0 Å². The highest BCUT2D eigenvalue weighted by Gasteiger charge is 2.74. The standard InChI is InChI=1S/C17H7F7O3/c18-15(19,16(20,21)17(22,23)24)10-6-5-9-11(14(10)27)13(26)8-4-2-1-3-7(8)12(9)25/h1-6,27H. The fraction of sp³-hybridized carbons (Fsp3) is 0.176.